The van der Waals surface area contributed by atoms with Gasteiger partial charge >= 0.3 is 6.09 Å². The van der Waals surface area contributed by atoms with Crippen LogP contribution in [0.2, 0.25) is 0 Å². The lowest BCUT2D eigenvalue weighted by atomic mass is 9.85. The summed E-state index contributed by atoms with van der Waals surface area (Å²) in [6, 6.07) is -2.72. The maximum absolute atomic E-state index is 14.0. The number of carbonyl (C=O) groups is 5. The summed E-state index contributed by atoms with van der Waals surface area (Å²) < 4.78 is 5.63. The van der Waals surface area contributed by atoms with E-state index in [-0.39, 0.29) is 35.8 Å². The van der Waals surface area contributed by atoms with Crippen molar-refractivity contribution in [3.8, 4) is 0 Å². The average Bonchev–Trinajstić information content (AvgIpc) is 3.21. The predicted molar refractivity (Wildman–Crippen MR) is 151 cm³/mol. The van der Waals surface area contributed by atoms with Gasteiger partial charge in [0.25, 0.3) is 5.91 Å². The molecule has 0 aromatic rings. The quantitative estimate of drug-likeness (QED) is 0.263. The highest BCUT2D eigenvalue weighted by Crippen LogP contribution is 2.65. The molecule has 1 aliphatic heterocycles. The molecule has 224 valence electrons. The molecule has 0 radical (unpaired) electrons. The van der Waals surface area contributed by atoms with E-state index in [1.807, 2.05) is 27.7 Å². The summed E-state index contributed by atoms with van der Waals surface area (Å²) >= 11 is 0. The fraction of sp³-hybridized carbons (Fsp3) is 0.767. The van der Waals surface area contributed by atoms with Crippen LogP contribution in [0.1, 0.15) is 80.6 Å². The first kappa shape index (κ1) is 31.6. The SMILES string of the molecule is C=CCNC(=O)C(=O)C(CCC)NC(=O)[C@@H]1C2C(CN1C(=O)[C@@H](NC(=O)OC1CC[C@H](C)C1)C(C)(C)C)C2(C)C. The number of amides is 4. The summed E-state index contributed by atoms with van der Waals surface area (Å²) in [4.78, 5) is 67.3. The summed E-state index contributed by atoms with van der Waals surface area (Å²) in [5.41, 5.74) is -0.792. The first-order valence-electron chi connectivity index (χ1n) is 14.6. The molecule has 4 unspecified atom stereocenters. The van der Waals surface area contributed by atoms with E-state index in [0.29, 0.717) is 25.3 Å². The van der Waals surface area contributed by atoms with Crippen molar-refractivity contribution < 1.29 is 28.7 Å². The smallest absolute Gasteiger partial charge is 0.408 e. The molecule has 1 heterocycles. The van der Waals surface area contributed by atoms with Crippen molar-refractivity contribution in [2.24, 2.45) is 28.6 Å². The number of ketones is 1. The Morgan fingerprint density at radius 1 is 1.12 bits per heavy atom. The summed E-state index contributed by atoms with van der Waals surface area (Å²) in [6.07, 6.45) is 4.16. The molecule has 0 aromatic heterocycles. The molecule has 0 aromatic carbocycles. The molecule has 3 N–H and O–H groups in total. The number of ether oxygens (including phenoxy) is 1. The van der Waals surface area contributed by atoms with Crippen molar-refractivity contribution >= 4 is 29.6 Å². The van der Waals surface area contributed by atoms with E-state index in [2.05, 4.69) is 43.3 Å². The number of Topliss-reactive ketones (excluding diaryl/α,β-unsaturated/α-hetero) is 1. The molecule has 3 aliphatic rings. The number of piperidine rings is 1. The second kappa shape index (κ2) is 12.3. The first-order chi connectivity index (χ1) is 18.6. The third-order valence-corrected chi connectivity index (χ3v) is 8.90. The number of hydrogen-bond acceptors (Lipinski definition) is 6. The molecule has 2 saturated carbocycles. The van der Waals surface area contributed by atoms with Gasteiger partial charge in [0.05, 0.1) is 6.04 Å². The van der Waals surface area contributed by atoms with Gasteiger partial charge in [0.2, 0.25) is 17.6 Å². The van der Waals surface area contributed by atoms with Gasteiger partial charge < -0.3 is 25.6 Å². The zero-order valence-corrected chi connectivity index (χ0v) is 25.2. The molecular formula is C30H48N4O6. The van der Waals surface area contributed by atoms with E-state index < -0.39 is 47.2 Å². The zero-order chi connectivity index (χ0) is 30.0. The molecule has 0 bridgehead atoms. The van der Waals surface area contributed by atoms with Crippen LogP contribution in [0, 0.1) is 28.6 Å². The predicted octanol–water partition coefficient (Wildman–Crippen LogP) is 2.96. The number of rotatable bonds is 11. The third-order valence-electron chi connectivity index (χ3n) is 8.90. The number of fused-ring (bicyclic) bond motifs is 1. The number of nitrogens with zero attached hydrogens (tertiary/aromatic N) is 1. The summed E-state index contributed by atoms with van der Waals surface area (Å²) in [7, 11) is 0. The lowest BCUT2D eigenvalue weighted by Gasteiger charge is -2.37. The van der Waals surface area contributed by atoms with Crippen LogP contribution in [0.3, 0.4) is 0 Å². The Morgan fingerprint density at radius 2 is 1.80 bits per heavy atom. The number of likely N-dealkylation sites (tertiary alicyclic amines) is 1. The first-order valence-corrected chi connectivity index (χ1v) is 14.6. The van der Waals surface area contributed by atoms with Gasteiger partial charge in [0.15, 0.2) is 0 Å². The lowest BCUT2D eigenvalue weighted by molar-refractivity contribution is -0.145. The largest absolute Gasteiger partial charge is 0.446 e. The topological polar surface area (TPSA) is 134 Å². The van der Waals surface area contributed by atoms with Crippen LogP contribution in [-0.4, -0.2) is 71.8 Å². The van der Waals surface area contributed by atoms with Crippen LogP contribution in [0.25, 0.3) is 0 Å². The van der Waals surface area contributed by atoms with Crippen molar-refractivity contribution in [2.45, 2.75) is 105 Å². The summed E-state index contributed by atoms with van der Waals surface area (Å²) in [6.45, 7) is 17.8. The van der Waals surface area contributed by atoms with E-state index in [9.17, 15) is 24.0 Å². The van der Waals surface area contributed by atoms with E-state index >= 15 is 0 Å². The highest BCUT2D eigenvalue weighted by molar-refractivity contribution is 6.38. The molecule has 0 spiro atoms. The van der Waals surface area contributed by atoms with E-state index in [1.54, 1.807) is 4.90 Å². The van der Waals surface area contributed by atoms with Crippen LogP contribution in [0.4, 0.5) is 4.79 Å². The van der Waals surface area contributed by atoms with Gasteiger partial charge in [0, 0.05) is 13.1 Å². The van der Waals surface area contributed by atoms with Crippen molar-refractivity contribution in [1.29, 1.82) is 0 Å². The molecule has 2 aliphatic carbocycles. The second-order valence-electron chi connectivity index (χ2n) is 13.5. The van der Waals surface area contributed by atoms with Crippen molar-refractivity contribution in [3.05, 3.63) is 12.7 Å². The van der Waals surface area contributed by atoms with E-state index in [0.717, 1.165) is 19.3 Å². The average molecular weight is 561 g/mol. The normalized spacial score (nSPS) is 28.1. The molecule has 7 atom stereocenters. The van der Waals surface area contributed by atoms with E-state index in [1.165, 1.54) is 6.08 Å². The Labute approximate surface area is 238 Å². The Morgan fingerprint density at radius 3 is 2.35 bits per heavy atom. The minimum atomic E-state index is -1.000. The summed E-state index contributed by atoms with van der Waals surface area (Å²) in [5, 5.41) is 8.06. The second-order valence-corrected chi connectivity index (χ2v) is 13.5. The highest BCUT2D eigenvalue weighted by atomic mass is 16.6. The van der Waals surface area contributed by atoms with Gasteiger partial charge in [-0.25, -0.2) is 4.79 Å². The van der Waals surface area contributed by atoms with Gasteiger partial charge in [-0.05, 0) is 54.3 Å². The standard InChI is InChI=1S/C30H48N4O6/c1-9-11-20(23(35)26(37)31-14-10-2)32-25(36)22-21-19(30(21,7)8)16-34(22)27(38)24(29(4,5)6)33-28(39)40-18-13-12-17(3)15-18/h10,17-22,24H,2,9,11-16H2,1,3-8H3,(H,31,37)(H,32,36)(H,33,39)/t17-,18?,19?,20?,21?,22-,24+/m0/s1. The lowest BCUT2D eigenvalue weighted by Crippen LogP contribution is -2.60. The van der Waals surface area contributed by atoms with Gasteiger partial charge in [-0.1, -0.05) is 61.0 Å². The number of nitrogens with one attached hydrogen (secondary N) is 3. The fourth-order valence-electron chi connectivity index (χ4n) is 6.42. The minimum Gasteiger partial charge on any atom is -0.446 e. The molecule has 10 heteroatoms. The maximum atomic E-state index is 14.0. The van der Waals surface area contributed by atoms with Crippen molar-refractivity contribution in [3.63, 3.8) is 0 Å². The van der Waals surface area contributed by atoms with Crippen LogP contribution < -0.4 is 16.0 Å². The van der Waals surface area contributed by atoms with E-state index in [4.69, 9.17) is 4.74 Å². The van der Waals surface area contributed by atoms with Gasteiger partial charge in [0.1, 0.15) is 18.2 Å². The number of carbonyl (C=O) groups excluding carboxylic acids is 5. The number of hydrogen-bond donors (Lipinski definition) is 3. The molecule has 1 saturated heterocycles. The fourth-order valence-corrected chi connectivity index (χ4v) is 6.42. The molecule has 4 amide bonds. The Bertz CT molecular complexity index is 1020. The molecule has 3 fully saturated rings. The third kappa shape index (κ3) is 6.86. The van der Waals surface area contributed by atoms with Gasteiger partial charge in [-0.15, -0.1) is 6.58 Å². The Hall–Kier alpha value is -2.91. The van der Waals surface area contributed by atoms with Gasteiger partial charge in [-0.3, -0.25) is 19.2 Å². The Balaban J connectivity index is 1.78. The monoisotopic (exact) mass is 560 g/mol. The molecule has 3 rings (SSSR count). The van der Waals surface area contributed by atoms with Crippen LogP contribution >= 0.6 is 0 Å². The summed E-state index contributed by atoms with van der Waals surface area (Å²) in [5.74, 6) is -1.79. The number of alkyl carbamates (subject to hydrolysis) is 1. The maximum Gasteiger partial charge on any atom is 0.408 e. The van der Waals surface area contributed by atoms with Crippen molar-refractivity contribution in [1.82, 2.24) is 20.9 Å². The zero-order valence-electron chi connectivity index (χ0n) is 25.2. The molecule has 10 nitrogen and oxygen atoms in total. The molecular weight excluding hydrogens is 512 g/mol. The molecule has 40 heavy (non-hydrogen) atoms. The Kier molecular flexibility index (Phi) is 9.73. The van der Waals surface area contributed by atoms with Crippen LogP contribution in [-0.2, 0) is 23.9 Å². The van der Waals surface area contributed by atoms with Crippen LogP contribution in [0.5, 0.6) is 0 Å². The minimum absolute atomic E-state index is 0.0871. The van der Waals surface area contributed by atoms with Crippen LogP contribution in [0.15, 0.2) is 12.7 Å². The van der Waals surface area contributed by atoms with Crippen molar-refractivity contribution in [2.75, 3.05) is 13.1 Å². The highest BCUT2D eigenvalue weighted by Gasteiger charge is 2.70. The van der Waals surface area contributed by atoms with Gasteiger partial charge in [-0.2, -0.15) is 0 Å².